The van der Waals surface area contributed by atoms with Crippen molar-refractivity contribution in [3.05, 3.63) is 22.4 Å². The maximum Gasteiger partial charge on any atom is 0.0433 e. The Kier molecular flexibility index (Phi) is 4.20. The number of nitrogens with two attached hydrogens (primary N) is 1. The molecule has 1 saturated heterocycles. The smallest absolute Gasteiger partial charge is 0.0433 e. The van der Waals surface area contributed by atoms with Crippen LogP contribution in [-0.4, -0.2) is 34.5 Å². The van der Waals surface area contributed by atoms with E-state index in [1.54, 1.807) is 11.3 Å². The van der Waals surface area contributed by atoms with Gasteiger partial charge in [0, 0.05) is 30.4 Å². The van der Waals surface area contributed by atoms with E-state index >= 15 is 0 Å². The zero-order chi connectivity index (χ0) is 14.2. The molecule has 1 aliphatic heterocycles. The standard InChI is InChI=1S/C16H26N2S2/c1-15(2)9-16(10-17,12-20-11-15)18(14-3-4-14)7-13-5-6-19-8-13/h5-6,8,14H,3-4,7,9-12,17H2,1-2H3. The lowest BCUT2D eigenvalue weighted by Crippen LogP contribution is -2.60. The van der Waals surface area contributed by atoms with E-state index < -0.39 is 0 Å². The molecule has 20 heavy (non-hydrogen) atoms. The topological polar surface area (TPSA) is 29.3 Å². The van der Waals surface area contributed by atoms with E-state index in [1.165, 1.54) is 36.3 Å². The van der Waals surface area contributed by atoms with Crippen molar-refractivity contribution in [3.63, 3.8) is 0 Å². The van der Waals surface area contributed by atoms with Gasteiger partial charge in [-0.25, -0.2) is 0 Å². The van der Waals surface area contributed by atoms with Gasteiger partial charge in [-0.15, -0.1) is 0 Å². The Morgan fingerprint density at radius 3 is 2.70 bits per heavy atom. The first-order chi connectivity index (χ1) is 9.55. The average Bonchev–Trinajstić information content (AvgIpc) is 3.11. The van der Waals surface area contributed by atoms with Crippen LogP contribution in [0.15, 0.2) is 16.8 Å². The predicted molar refractivity (Wildman–Crippen MR) is 90.4 cm³/mol. The highest BCUT2D eigenvalue weighted by molar-refractivity contribution is 7.99. The fraction of sp³-hybridized carbons (Fsp3) is 0.750. The number of hydrogen-bond donors (Lipinski definition) is 1. The van der Waals surface area contributed by atoms with Gasteiger partial charge in [-0.3, -0.25) is 4.90 Å². The van der Waals surface area contributed by atoms with E-state index in [1.807, 2.05) is 0 Å². The third kappa shape index (κ3) is 3.08. The van der Waals surface area contributed by atoms with Crippen LogP contribution in [0.25, 0.3) is 0 Å². The Balaban J connectivity index is 1.83. The lowest BCUT2D eigenvalue weighted by molar-refractivity contribution is 0.0536. The number of nitrogens with zero attached hydrogens (tertiary/aromatic N) is 1. The van der Waals surface area contributed by atoms with Gasteiger partial charge in [0.25, 0.3) is 0 Å². The van der Waals surface area contributed by atoms with Crippen molar-refractivity contribution < 1.29 is 0 Å². The van der Waals surface area contributed by atoms with Crippen LogP contribution in [0.2, 0.25) is 0 Å². The zero-order valence-electron chi connectivity index (χ0n) is 12.6. The Hall–Kier alpha value is -0.0300. The van der Waals surface area contributed by atoms with Gasteiger partial charge >= 0.3 is 0 Å². The monoisotopic (exact) mass is 310 g/mol. The molecule has 1 unspecified atom stereocenters. The Morgan fingerprint density at radius 1 is 1.35 bits per heavy atom. The quantitative estimate of drug-likeness (QED) is 0.901. The van der Waals surface area contributed by atoms with Gasteiger partial charge < -0.3 is 5.73 Å². The summed E-state index contributed by atoms with van der Waals surface area (Å²) in [6.45, 7) is 6.69. The maximum atomic E-state index is 6.30. The minimum Gasteiger partial charge on any atom is -0.329 e. The van der Waals surface area contributed by atoms with Crippen molar-refractivity contribution >= 4 is 23.1 Å². The fourth-order valence-corrected chi connectivity index (χ4v) is 5.77. The molecule has 3 rings (SSSR count). The first-order valence-corrected chi connectivity index (χ1v) is 9.70. The third-order valence-corrected chi connectivity index (χ3v) is 7.04. The average molecular weight is 311 g/mol. The molecule has 0 aromatic carbocycles. The van der Waals surface area contributed by atoms with Crippen molar-refractivity contribution in [1.82, 2.24) is 4.90 Å². The minimum atomic E-state index is 0.204. The molecule has 1 atom stereocenters. The maximum absolute atomic E-state index is 6.30. The van der Waals surface area contributed by atoms with Gasteiger partial charge in [0.1, 0.15) is 0 Å². The van der Waals surface area contributed by atoms with Gasteiger partial charge in [0.05, 0.1) is 0 Å². The van der Waals surface area contributed by atoms with Crippen LogP contribution >= 0.6 is 23.1 Å². The Morgan fingerprint density at radius 2 is 2.15 bits per heavy atom. The summed E-state index contributed by atoms with van der Waals surface area (Å²) in [5.74, 6) is 2.47. The SMILES string of the molecule is CC1(C)CSCC(CN)(N(Cc2ccsc2)C2CC2)C1. The molecule has 112 valence electrons. The molecule has 1 aromatic rings. The number of thiophene rings is 1. The summed E-state index contributed by atoms with van der Waals surface area (Å²) in [6.07, 6.45) is 3.96. The van der Waals surface area contributed by atoms with E-state index in [-0.39, 0.29) is 5.54 Å². The number of rotatable bonds is 5. The van der Waals surface area contributed by atoms with Crippen LogP contribution < -0.4 is 5.73 Å². The van der Waals surface area contributed by atoms with E-state index in [9.17, 15) is 0 Å². The van der Waals surface area contributed by atoms with Crippen molar-refractivity contribution in [2.24, 2.45) is 11.1 Å². The molecule has 1 aromatic heterocycles. The molecular formula is C16H26N2S2. The lowest BCUT2D eigenvalue weighted by Gasteiger charge is -2.51. The summed E-state index contributed by atoms with van der Waals surface area (Å²) in [5, 5.41) is 4.48. The predicted octanol–water partition coefficient (Wildman–Crippen LogP) is 3.57. The molecule has 2 N–H and O–H groups in total. The molecule has 0 radical (unpaired) electrons. The third-order valence-electron chi connectivity index (χ3n) is 4.58. The summed E-state index contributed by atoms with van der Waals surface area (Å²) in [5.41, 5.74) is 8.37. The van der Waals surface area contributed by atoms with E-state index in [0.717, 1.165) is 19.1 Å². The summed E-state index contributed by atoms with van der Waals surface area (Å²) in [7, 11) is 0. The fourth-order valence-electron chi connectivity index (χ4n) is 3.59. The first kappa shape index (κ1) is 14.9. The summed E-state index contributed by atoms with van der Waals surface area (Å²) < 4.78 is 0. The van der Waals surface area contributed by atoms with Crippen molar-refractivity contribution in [1.29, 1.82) is 0 Å². The molecule has 0 amide bonds. The summed E-state index contributed by atoms with van der Waals surface area (Å²) in [6, 6.07) is 3.04. The zero-order valence-corrected chi connectivity index (χ0v) is 14.2. The summed E-state index contributed by atoms with van der Waals surface area (Å²) >= 11 is 3.90. The van der Waals surface area contributed by atoms with Crippen LogP contribution in [0.5, 0.6) is 0 Å². The second-order valence-electron chi connectivity index (χ2n) is 7.25. The van der Waals surface area contributed by atoms with Crippen LogP contribution in [0.1, 0.15) is 38.7 Å². The Labute approximate surface area is 131 Å². The molecule has 2 fully saturated rings. The largest absolute Gasteiger partial charge is 0.329 e. The van der Waals surface area contributed by atoms with Gasteiger partial charge in [-0.2, -0.15) is 23.1 Å². The number of thioether (sulfide) groups is 1. The molecule has 2 aliphatic rings. The molecular weight excluding hydrogens is 284 g/mol. The molecule has 2 heterocycles. The minimum absolute atomic E-state index is 0.204. The second kappa shape index (κ2) is 5.64. The first-order valence-electron chi connectivity index (χ1n) is 7.60. The van der Waals surface area contributed by atoms with Crippen LogP contribution in [0, 0.1) is 5.41 Å². The van der Waals surface area contributed by atoms with Crippen LogP contribution in [0.4, 0.5) is 0 Å². The molecule has 2 nitrogen and oxygen atoms in total. The van der Waals surface area contributed by atoms with Crippen LogP contribution in [0.3, 0.4) is 0 Å². The van der Waals surface area contributed by atoms with Gasteiger partial charge in [0.2, 0.25) is 0 Å². The lowest BCUT2D eigenvalue weighted by atomic mass is 9.78. The highest BCUT2D eigenvalue weighted by Gasteiger charge is 2.48. The van der Waals surface area contributed by atoms with E-state index in [0.29, 0.717) is 5.41 Å². The highest BCUT2D eigenvalue weighted by Crippen LogP contribution is 2.46. The number of hydrogen-bond acceptors (Lipinski definition) is 4. The van der Waals surface area contributed by atoms with E-state index in [4.69, 9.17) is 5.73 Å². The molecule has 1 saturated carbocycles. The highest BCUT2D eigenvalue weighted by atomic mass is 32.2. The van der Waals surface area contributed by atoms with Gasteiger partial charge in [0.15, 0.2) is 0 Å². The van der Waals surface area contributed by atoms with Crippen molar-refractivity contribution in [3.8, 4) is 0 Å². The summed E-state index contributed by atoms with van der Waals surface area (Å²) in [4.78, 5) is 2.75. The van der Waals surface area contributed by atoms with E-state index in [2.05, 4.69) is 47.3 Å². The van der Waals surface area contributed by atoms with Crippen molar-refractivity contribution in [2.75, 3.05) is 18.1 Å². The molecule has 4 heteroatoms. The molecule has 0 spiro atoms. The van der Waals surface area contributed by atoms with Crippen LogP contribution in [-0.2, 0) is 6.54 Å². The molecule has 0 bridgehead atoms. The Bertz CT molecular complexity index is 439. The normalized spacial score (nSPS) is 29.8. The van der Waals surface area contributed by atoms with Gasteiger partial charge in [-0.05, 0) is 52.8 Å². The van der Waals surface area contributed by atoms with Gasteiger partial charge in [-0.1, -0.05) is 13.8 Å². The molecule has 1 aliphatic carbocycles. The van der Waals surface area contributed by atoms with Crippen molar-refractivity contribution in [2.45, 2.75) is 51.2 Å². The second-order valence-corrected chi connectivity index (χ2v) is 9.02.